The van der Waals surface area contributed by atoms with Crippen molar-refractivity contribution in [3.63, 3.8) is 0 Å². The summed E-state index contributed by atoms with van der Waals surface area (Å²) < 4.78 is 6.25. The number of hydrogen-bond donors (Lipinski definition) is 4. The van der Waals surface area contributed by atoms with Gasteiger partial charge < -0.3 is 25.5 Å². The average Bonchev–Trinajstić information content (AvgIpc) is 2.95. The number of unbranched alkanes of at least 4 members (excludes halogenated alkanes) is 4. The lowest BCUT2D eigenvalue weighted by Crippen LogP contribution is -2.41. The van der Waals surface area contributed by atoms with Crippen molar-refractivity contribution in [1.82, 2.24) is 15.5 Å². The molecule has 2 rings (SSSR count). The maximum atomic E-state index is 11.3. The quantitative estimate of drug-likeness (QED) is 0.0387. The van der Waals surface area contributed by atoms with Crippen molar-refractivity contribution in [2.75, 3.05) is 20.3 Å². The highest BCUT2D eigenvalue weighted by molar-refractivity contribution is 6.07. The van der Waals surface area contributed by atoms with Gasteiger partial charge in [-0.15, -0.1) is 6.58 Å². The van der Waals surface area contributed by atoms with Crippen LogP contribution in [-0.2, 0) is 9.53 Å². The summed E-state index contributed by atoms with van der Waals surface area (Å²) in [6.07, 6.45) is 22.6. The molecule has 0 aromatic rings. The fraction of sp³-hybridized carbons (Fsp3) is 0.562. The van der Waals surface area contributed by atoms with Gasteiger partial charge in [-0.3, -0.25) is 10.1 Å². The van der Waals surface area contributed by atoms with Crippen molar-refractivity contribution in [3.05, 3.63) is 72.2 Å². The second-order valence-electron chi connectivity index (χ2n) is 10.7. The van der Waals surface area contributed by atoms with E-state index in [2.05, 4.69) is 42.9 Å². The molecule has 2 aliphatic rings. The Labute approximate surface area is 236 Å². The molecular formula is C32H50N4O3. The number of carbonyl (C=O) groups excluding carboxylic acids is 1. The minimum Gasteiger partial charge on any atom is -0.477 e. The lowest BCUT2D eigenvalue weighted by atomic mass is 9.89. The van der Waals surface area contributed by atoms with E-state index < -0.39 is 6.23 Å². The molecule has 0 aliphatic heterocycles. The molecule has 0 aromatic heterocycles. The first-order chi connectivity index (χ1) is 18.9. The Bertz CT molecular complexity index is 934. The van der Waals surface area contributed by atoms with Crippen molar-refractivity contribution < 1.29 is 14.6 Å². The molecule has 0 saturated carbocycles. The highest BCUT2D eigenvalue weighted by Gasteiger charge is 2.20. The van der Waals surface area contributed by atoms with E-state index in [-0.39, 0.29) is 6.04 Å². The number of nitrogens with one attached hydrogen (secondary N) is 3. The molecule has 39 heavy (non-hydrogen) atoms. The number of allylic oxidation sites excluding steroid dienone is 8. The number of rotatable bonds is 20. The molecule has 2 unspecified atom stereocenters. The molecule has 3 atom stereocenters. The van der Waals surface area contributed by atoms with E-state index in [0.717, 1.165) is 93.8 Å². The summed E-state index contributed by atoms with van der Waals surface area (Å²) in [6, 6.07) is -0.124. The topological polar surface area (TPSA) is 97.7 Å². The monoisotopic (exact) mass is 538 g/mol. The number of aliphatic hydroxyl groups excluding tert-OH is 1. The third kappa shape index (κ3) is 11.8. The Morgan fingerprint density at radius 2 is 2.08 bits per heavy atom. The number of hydrogen-bond acceptors (Lipinski definition) is 6. The molecule has 7 heteroatoms. The summed E-state index contributed by atoms with van der Waals surface area (Å²) in [7, 11) is 1.88. The van der Waals surface area contributed by atoms with E-state index in [1.165, 1.54) is 0 Å². The van der Waals surface area contributed by atoms with Crippen LogP contribution < -0.4 is 10.6 Å². The van der Waals surface area contributed by atoms with E-state index in [1.54, 1.807) is 12.2 Å². The van der Waals surface area contributed by atoms with Crippen molar-refractivity contribution >= 4 is 12.1 Å². The highest BCUT2D eigenvalue weighted by Crippen LogP contribution is 2.25. The van der Waals surface area contributed by atoms with Crippen molar-refractivity contribution in [1.29, 1.82) is 5.41 Å². The van der Waals surface area contributed by atoms with Crippen LogP contribution >= 0.6 is 0 Å². The molecular weight excluding hydrogens is 488 g/mol. The maximum Gasteiger partial charge on any atom is 0.207 e. The van der Waals surface area contributed by atoms with E-state index >= 15 is 0 Å². The first kappa shape index (κ1) is 32.3. The van der Waals surface area contributed by atoms with Crippen molar-refractivity contribution in [3.8, 4) is 0 Å². The molecule has 0 saturated heterocycles. The summed E-state index contributed by atoms with van der Waals surface area (Å²) >= 11 is 0. The van der Waals surface area contributed by atoms with Crippen molar-refractivity contribution in [2.45, 2.75) is 89.8 Å². The second kappa shape index (κ2) is 18.4. The summed E-state index contributed by atoms with van der Waals surface area (Å²) in [4.78, 5) is 13.1. The van der Waals surface area contributed by atoms with Gasteiger partial charge in [0.2, 0.25) is 6.41 Å². The SMILES string of the molecule is C=CCCCCCCC(CO/C(=C/C(=N)C1=C(C=C)C=CCC1)N(C)CN[C@@H](O)C1=CCCC(C)C1)NC=O. The van der Waals surface area contributed by atoms with E-state index in [4.69, 9.17) is 10.1 Å². The second-order valence-corrected chi connectivity index (χ2v) is 10.7. The normalized spacial score (nSPS) is 19.1. The molecule has 216 valence electrons. The largest absolute Gasteiger partial charge is 0.477 e. The Morgan fingerprint density at radius 3 is 2.79 bits per heavy atom. The van der Waals surface area contributed by atoms with Crippen LogP contribution in [0.15, 0.2) is 72.2 Å². The van der Waals surface area contributed by atoms with Crippen LogP contribution in [0.25, 0.3) is 0 Å². The zero-order valence-corrected chi connectivity index (χ0v) is 24.1. The Kier molecular flexibility index (Phi) is 15.2. The molecule has 7 nitrogen and oxygen atoms in total. The smallest absolute Gasteiger partial charge is 0.207 e. The highest BCUT2D eigenvalue weighted by atomic mass is 16.5. The van der Waals surface area contributed by atoms with Gasteiger partial charge in [-0.25, -0.2) is 0 Å². The predicted molar refractivity (Wildman–Crippen MR) is 161 cm³/mol. The minimum atomic E-state index is -0.722. The van der Waals surface area contributed by atoms with Crippen LogP contribution in [0.4, 0.5) is 0 Å². The summed E-state index contributed by atoms with van der Waals surface area (Å²) in [5.41, 5.74) is 3.29. The van der Waals surface area contributed by atoms with Gasteiger partial charge in [0, 0.05) is 13.1 Å². The van der Waals surface area contributed by atoms with Gasteiger partial charge in [0.15, 0.2) is 5.88 Å². The van der Waals surface area contributed by atoms with Gasteiger partial charge >= 0.3 is 0 Å². The lowest BCUT2D eigenvalue weighted by Gasteiger charge is -2.29. The molecule has 0 radical (unpaired) electrons. The van der Waals surface area contributed by atoms with Gasteiger partial charge in [0.05, 0.1) is 18.4 Å². The summed E-state index contributed by atoms with van der Waals surface area (Å²) in [5.74, 6) is 1.08. The zero-order valence-electron chi connectivity index (χ0n) is 24.1. The number of aliphatic hydroxyl groups is 1. The van der Waals surface area contributed by atoms with Crippen molar-refractivity contribution in [2.24, 2.45) is 5.92 Å². The standard InChI is InChI=1S/C32H50N4O3/c1-5-7-8-9-10-11-18-28(35-24-37)22-39-31(21-30(33)29-19-13-12-16-26(29)6-2)36(4)23-34-32(38)27-17-14-15-25(3)20-27/h5-6,12,16-17,21,24-25,28,32-34,38H,1-2,7-11,13-15,18-20,22-23H2,3-4H3,(H,35,37)/b31-21+,33-30?/t25?,28?,32-/m0/s1. The predicted octanol–water partition coefficient (Wildman–Crippen LogP) is 5.88. The van der Waals surface area contributed by atoms with Crippen LogP contribution in [0.5, 0.6) is 0 Å². The van der Waals surface area contributed by atoms with E-state index in [1.807, 2.05) is 24.1 Å². The Balaban J connectivity index is 2.09. The molecule has 0 aromatic carbocycles. The molecule has 0 spiro atoms. The fourth-order valence-corrected chi connectivity index (χ4v) is 4.96. The number of amides is 1. The first-order valence-corrected chi connectivity index (χ1v) is 14.5. The molecule has 0 bridgehead atoms. The molecule has 0 heterocycles. The third-order valence-corrected chi connectivity index (χ3v) is 7.37. The van der Waals surface area contributed by atoms with E-state index in [9.17, 15) is 9.90 Å². The Hall–Kier alpha value is -2.90. The molecule has 0 fully saturated rings. The first-order valence-electron chi connectivity index (χ1n) is 14.5. The van der Waals surface area contributed by atoms with Gasteiger partial charge in [-0.05, 0) is 74.0 Å². The van der Waals surface area contributed by atoms with Gasteiger partial charge in [0.1, 0.15) is 12.8 Å². The number of nitrogens with zero attached hydrogens (tertiary/aromatic N) is 1. The zero-order chi connectivity index (χ0) is 28.5. The fourth-order valence-electron chi connectivity index (χ4n) is 4.96. The van der Waals surface area contributed by atoms with Crippen LogP contribution in [0.2, 0.25) is 0 Å². The Morgan fingerprint density at radius 1 is 1.28 bits per heavy atom. The van der Waals surface area contributed by atoms with Crippen LogP contribution in [0.3, 0.4) is 0 Å². The molecule has 1 amide bonds. The maximum absolute atomic E-state index is 11.3. The van der Waals surface area contributed by atoms with Crippen LogP contribution in [-0.4, -0.2) is 54.7 Å². The van der Waals surface area contributed by atoms with Crippen LogP contribution in [0, 0.1) is 11.3 Å². The summed E-state index contributed by atoms with van der Waals surface area (Å²) in [5, 5.41) is 25.7. The van der Waals surface area contributed by atoms with Gasteiger partial charge in [-0.1, -0.05) is 63.1 Å². The molecule has 4 N–H and O–H groups in total. The number of carbonyl (C=O) groups is 1. The van der Waals surface area contributed by atoms with E-state index in [0.29, 0.717) is 30.8 Å². The lowest BCUT2D eigenvalue weighted by molar-refractivity contribution is -0.110. The number of ether oxygens (including phenoxy) is 1. The summed E-state index contributed by atoms with van der Waals surface area (Å²) in [6.45, 7) is 10.5. The minimum absolute atomic E-state index is 0.124. The average molecular weight is 539 g/mol. The van der Waals surface area contributed by atoms with Crippen LogP contribution in [0.1, 0.15) is 77.6 Å². The van der Waals surface area contributed by atoms with Gasteiger partial charge in [0.25, 0.3) is 0 Å². The third-order valence-electron chi connectivity index (χ3n) is 7.37. The van der Waals surface area contributed by atoms with Gasteiger partial charge in [-0.2, -0.15) is 0 Å². The molecule has 2 aliphatic carbocycles.